The van der Waals surface area contributed by atoms with Crippen LogP contribution in [0.15, 0.2) is 17.6 Å². The molecule has 0 N–H and O–H groups in total. The maximum absolute atomic E-state index is 10.7. The first-order valence-corrected chi connectivity index (χ1v) is 2.91. The minimum atomic E-state index is -0.922. The van der Waals surface area contributed by atoms with Gasteiger partial charge in [-0.2, -0.15) is 0 Å². The van der Waals surface area contributed by atoms with Crippen molar-refractivity contribution in [3.63, 3.8) is 0 Å². The number of hydrogen-bond donors (Lipinski definition) is 0. The number of hydrogen-bond acceptors (Lipinski definition) is 3. The number of amides is 1. The van der Waals surface area contributed by atoms with Gasteiger partial charge in [-0.05, 0) is 13.0 Å². The van der Waals surface area contributed by atoms with Crippen LogP contribution in [0.4, 0.5) is 0 Å². The summed E-state index contributed by atoms with van der Waals surface area (Å²) in [6, 6.07) is 0. The van der Waals surface area contributed by atoms with E-state index in [0.717, 1.165) is 12.2 Å². The Bertz CT molecular complexity index is 238. The number of ketones is 1. The first kappa shape index (κ1) is 9.46. The van der Waals surface area contributed by atoms with E-state index in [1.54, 1.807) is 0 Å². The van der Waals surface area contributed by atoms with Crippen molar-refractivity contribution in [3.8, 4) is 0 Å². The van der Waals surface area contributed by atoms with E-state index in [1.807, 2.05) is 0 Å². The van der Waals surface area contributed by atoms with Crippen LogP contribution < -0.4 is 0 Å². The lowest BCUT2D eigenvalue weighted by Crippen LogP contribution is -2.16. The second-order valence-electron chi connectivity index (χ2n) is 1.87. The predicted molar refractivity (Wildman–Crippen MR) is 37.5 cm³/mol. The Balaban J connectivity index is 4.35. The molecule has 0 aliphatic heterocycles. The van der Waals surface area contributed by atoms with Gasteiger partial charge in [-0.25, -0.2) is 4.79 Å². The standard InChI is InChI=1S/C7H7NO3/c1-3-6(10)5(2)7(11)8-4-9/h3,5H,1H2,2H3. The summed E-state index contributed by atoms with van der Waals surface area (Å²) in [7, 11) is 0. The Morgan fingerprint density at radius 1 is 1.64 bits per heavy atom. The zero-order valence-corrected chi connectivity index (χ0v) is 6.03. The molecule has 0 aromatic rings. The number of carbonyl (C=O) groups excluding carboxylic acids is 3. The molecule has 0 aliphatic carbocycles. The molecule has 0 aliphatic rings. The second-order valence-corrected chi connectivity index (χ2v) is 1.87. The summed E-state index contributed by atoms with van der Waals surface area (Å²) in [4.78, 5) is 33.7. The van der Waals surface area contributed by atoms with Gasteiger partial charge in [0, 0.05) is 0 Å². The maximum Gasteiger partial charge on any atom is 0.267 e. The number of nitrogens with zero attached hydrogens (tertiary/aromatic N) is 1. The Kier molecular flexibility index (Phi) is 3.70. The van der Waals surface area contributed by atoms with Crippen LogP contribution in [-0.4, -0.2) is 17.8 Å². The third kappa shape index (κ3) is 2.69. The molecule has 0 radical (unpaired) electrons. The fraction of sp³-hybridized carbons (Fsp3) is 0.286. The van der Waals surface area contributed by atoms with E-state index < -0.39 is 17.6 Å². The van der Waals surface area contributed by atoms with Gasteiger partial charge in [-0.3, -0.25) is 9.59 Å². The molecule has 0 bridgehead atoms. The summed E-state index contributed by atoms with van der Waals surface area (Å²) < 4.78 is 0. The molecule has 58 valence electrons. The van der Waals surface area contributed by atoms with Crippen LogP contribution in [0.5, 0.6) is 0 Å². The molecule has 0 aromatic carbocycles. The van der Waals surface area contributed by atoms with E-state index in [4.69, 9.17) is 0 Å². The lowest BCUT2D eigenvalue weighted by atomic mass is 10.1. The van der Waals surface area contributed by atoms with Crippen LogP contribution in [0, 0.1) is 5.92 Å². The smallest absolute Gasteiger partial charge is 0.267 e. The molecule has 0 spiro atoms. The van der Waals surface area contributed by atoms with Crippen molar-refractivity contribution in [2.75, 3.05) is 0 Å². The molecular formula is C7H7NO3. The highest BCUT2D eigenvalue weighted by Crippen LogP contribution is 1.99. The fourth-order valence-corrected chi connectivity index (χ4v) is 0.440. The van der Waals surface area contributed by atoms with E-state index >= 15 is 0 Å². The summed E-state index contributed by atoms with van der Waals surface area (Å²) in [5, 5.41) is 0. The summed E-state index contributed by atoms with van der Waals surface area (Å²) in [6.07, 6.45) is 2.08. The van der Waals surface area contributed by atoms with Crippen LogP contribution in [0.1, 0.15) is 6.92 Å². The van der Waals surface area contributed by atoms with Gasteiger partial charge in [0.2, 0.25) is 6.08 Å². The van der Waals surface area contributed by atoms with Crippen LogP contribution in [0.25, 0.3) is 0 Å². The number of isocyanates is 1. The largest absolute Gasteiger partial charge is 0.294 e. The molecule has 1 unspecified atom stereocenters. The summed E-state index contributed by atoms with van der Waals surface area (Å²) in [5.74, 6) is -2.16. The fourth-order valence-electron chi connectivity index (χ4n) is 0.440. The summed E-state index contributed by atoms with van der Waals surface area (Å²) >= 11 is 0. The zero-order chi connectivity index (χ0) is 8.85. The highest BCUT2D eigenvalue weighted by Gasteiger charge is 2.17. The normalized spacial score (nSPS) is 11.0. The summed E-state index contributed by atoms with van der Waals surface area (Å²) in [6.45, 7) is 4.54. The number of carbonyl (C=O) groups is 2. The molecule has 1 amide bonds. The van der Waals surface area contributed by atoms with Gasteiger partial charge < -0.3 is 0 Å². The van der Waals surface area contributed by atoms with Gasteiger partial charge in [0.25, 0.3) is 5.91 Å². The minimum absolute atomic E-state index is 0.450. The van der Waals surface area contributed by atoms with Crippen molar-refractivity contribution in [2.45, 2.75) is 6.92 Å². The van der Waals surface area contributed by atoms with Gasteiger partial charge in [-0.1, -0.05) is 6.58 Å². The van der Waals surface area contributed by atoms with Crippen molar-refractivity contribution >= 4 is 17.8 Å². The van der Waals surface area contributed by atoms with Crippen LogP contribution in [0.2, 0.25) is 0 Å². The van der Waals surface area contributed by atoms with Gasteiger partial charge in [0.1, 0.15) is 5.92 Å². The van der Waals surface area contributed by atoms with Gasteiger partial charge in [0.15, 0.2) is 5.78 Å². The molecule has 4 heteroatoms. The van der Waals surface area contributed by atoms with Gasteiger partial charge >= 0.3 is 0 Å². The average molecular weight is 153 g/mol. The minimum Gasteiger partial charge on any atom is -0.294 e. The van der Waals surface area contributed by atoms with Crippen molar-refractivity contribution in [3.05, 3.63) is 12.7 Å². The average Bonchev–Trinajstić information content (AvgIpc) is 2.02. The van der Waals surface area contributed by atoms with E-state index in [-0.39, 0.29) is 0 Å². The number of allylic oxidation sites excluding steroid dienone is 1. The molecule has 0 saturated carbocycles. The highest BCUT2D eigenvalue weighted by atomic mass is 16.2. The highest BCUT2D eigenvalue weighted by molar-refractivity contribution is 6.07. The molecular weight excluding hydrogens is 146 g/mol. The predicted octanol–water partition coefficient (Wildman–Crippen LogP) is 0.240. The first-order chi connectivity index (χ1) is 5.13. The van der Waals surface area contributed by atoms with Crippen LogP contribution in [-0.2, 0) is 14.4 Å². The van der Waals surface area contributed by atoms with Crippen molar-refractivity contribution in [1.82, 2.24) is 0 Å². The Morgan fingerprint density at radius 2 is 2.18 bits per heavy atom. The monoisotopic (exact) mass is 153 g/mol. The molecule has 0 fully saturated rings. The molecule has 1 atom stereocenters. The number of rotatable bonds is 3. The molecule has 0 aromatic heterocycles. The van der Waals surface area contributed by atoms with Crippen molar-refractivity contribution in [1.29, 1.82) is 0 Å². The molecule has 0 heterocycles. The molecule has 4 nitrogen and oxygen atoms in total. The quantitative estimate of drug-likeness (QED) is 0.252. The molecule has 0 rings (SSSR count). The topological polar surface area (TPSA) is 63.6 Å². The van der Waals surface area contributed by atoms with E-state index in [9.17, 15) is 14.4 Å². The molecule has 11 heavy (non-hydrogen) atoms. The third-order valence-electron chi connectivity index (χ3n) is 1.15. The lowest BCUT2D eigenvalue weighted by molar-refractivity contribution is -0.128. The van der Waals surface area contributed by atoms with Crippen LogP contribution >= 0.6 is 0 Å². The SMILES string of the molecule is C=CC(=O)C(C)C(=O)N=C=O. The zero-order valence-electron chi connectivity index (χ0n) is 6.03. The summed E-state index contributed by atoms with van der Waals surface area (Å²) in [5.41, 5.74) is 0. The Morgan fingerprint density at radius 3 is 2.55 bits per heavy atom. The van der Waals surface area contributed by atoms with Gasteiger partial charge in [0.05, 0.1) is 0 Å². The first-order valence-electron chi connectivity index (χ1n) is 2.91. The maximum atomic E-state index is 10.7. The lowest BCUT2D eigenvalue weighted by Gasteiger charge is -1.97. The van der Waals surface area contributed by atoms with E-state index in [2.05, 4.69) is 11.6 Å². The Hall–Kier alpha value is -1.54. The Labute approximate surface area is 63.6 Å². The number of aliphatic imine (C=N–C) groups is 1. The second kappa shape index (κ2) is 4.30. The van der Waals surface area contributed by atoms with E-state index in [0.29, 0.717) is 0 Å². The van der Waals surface area contributed by atoms with E-state index in [1.165, 1.54) is 6.92 Å². The third-order valence-corrected chi connectivity index (χ3v) is 1.15. The van der Waals surface area contributed by atoms with Crippen LogP contribution in [0.3, 0.4) is 0 Å². The molecule has 0 saturated heterocycles. The van der Waals surface area contributed by atoms with Crippen molar-refractivity contribution < 1.29 is 14.4 Å². The van der Waals surface area contributed by atoms with Crippen molar-refractivity contribution in [2.24, 2.45) is 10.9 Å². The van der Waals surface area contributed by atoms with Gasteiger partial charge in [-0.15, -0.1) is 4.99 Å².